The van der Waals surface area contributed by atoms with Crippen molar-refractivity contribution < 1.29 is 20.1 Å². The summed E-state index contributed by atoms with van der Waals surface area (Å²) in [5.74, 6) is -0.799. The number of aliphatic carboxylic acids is 1. The Balaban J connectivity index is 2.56. The number of aromatic nitrogens is 2. The van der Waals surface area contributed by atoms with Crippen molar-refractivity contribution in [1.82, 2.24) is 9.97 Å². The van der Waals surface area contributed by atoms with Gasteiger partial charge in [0.2, 0.25) is 0 Å². The van der Waals surface area contributed by atoms with Gasteiger partial charge in [-0.3, -0.25) is 4.79 Å². The van der Waals surface area contributed by atoms with E-state index in [2.05, 4.69) is 9.97 Å². The zero-order chi connectivity index (χ0) is 12.2. The molecule has 7 nitrogen and oxygen atoms in total. The molecule has 7 heteroatoms. The van der Waals surface area contributed by atoms with E-state index in [4.69, 9.17) is 15.9 Å². The van der Waals surface area contributed by atoms with Crippen molar-refractivity contribution in [2.24, 2.45) is 5.73 Å². The molecule has 1 aromatic rings. The van der Waals surface area contributed by atoms with Gasteiger partial charge in [0, 0.05) is 18.8 Å². The molecule has 2 atom stereocenters. The molecule has 2 unspecified atom stereocenters. The first kappa shape index (κ1) is 12.6. The molecule has 1 aromatic heterocycles. The highest BCUT2D eigenvalue weighted by Crippen LogP contribution is 2.12. The lowest BCUT2D eigenvalue weighted by molar-refractivity contribution is -0.150. The third kappa shape index (κ3) is 2.57. The second kappa shape index (κ2) is 5.06. The highest BCUT2D eigenvalue weighted by molar-refractivity contribution is 5.79. The molecule has 1 rings (SSSR count). The molecule has 90 valence electrons. The molecule has 0 fully saturated rings. The molecule has 0 saturated heterocycles. The van der Waals surface area contributed by atoms with Gasteiger partial charge in [-0.15, -0.1) is 0 Å². The number of hydrogen-bond acceptors (Lipinski definition) is 5. The maximum atomic E-state index is 10.8. The Bertz CT molecular complexity index is 341. The zero-order valence-electron chi connectivity index (χ0n) is 8.63. The molecule has 0 aromatic carbocycles. The average molecular weight is 229 g/mol. The summed E-state index contributed by atoms with van der Waals surface area (Å²) in [4.78, 5) is 17.5. The lowest BCUT2D eigenvalue weighted by Gasteiger charge is -2.27. The predicted molar refractivity (Wildman–Crippen MR) is 54.6 cm³/mol. The van der Waals surface area contributed by atoms with Crippen LogP contribution < -0.4 is 5.73 Å². The van der Waals surface area contributed by atoms with Crippen LogP contribution in [0.1, 0.15) is 12.2 Å². The number of nitrogens with two attached hydrogens (primary N) is 1. The molecule has 0 spiro atoms. The van der Waals surface area contributed by atoms with Crippen molar-refractivity contribution in [3.8, 4) is 0 Å². The normalized spacial score (nSPS) is 16.7. The van der Waals surface area contributed by atoms with Crippen LogP contribution in [0.4, 0.5) is 0 Å². The molecule has 0 radical (unpaired) electrons. The number of aryl methyl sites for hydroxylation is 1. The van der Waals surface area contributed by atoms with Gasteiger partial charge in [0.25, 0.3) is 0 Å². The number of rotatable bonds is 6. The van der Waals surface area contributed by atoms with E-state index in [1.165, 1.54) is 0 Å². The Hall–Kier alpha value is -1.44. The smallest absolute Gasteiger partial charge is 0.328 e. The number of aliphatic hydroxyl groups excluding tert-OH is 2. The van der Waals surface area contributed by atoms with Gasteiger partial charge >= 0.3 is 5.97 Å². The number of carbonyl (C=O) groups is 1. The van der Waals surface area contributed by atoms with Gasteiger partial charge in [-0.1, -0.05) is 0 Å². The van der Waals surface area contributed by atoms with Crippen LogP contribution in [-0.4, -0.2) is 49.5 Å². The van der Waals surface area contributed by atoms with Crippen molar-refractivity contribution in [2.75, 3.05) is 6.61 Å². The molecule has 6 N–H and O–H groups in total. The van der Waals surface area contributed by atoms with E-state index in [0.29, 0.717) is 12.2 Å². The first-order valence-corrected chi connectivity index (χ1v) is 4.80. The Labute approximate surface area is 91.9 Å². The van der Waals surface area contributed by atoms with E-state index in [-0.39, 0.29) is 6.42 Å². The van der Waals surface area contributed by atoms with Gasteiger partial charge in [0.1, 0.15) is 5.82 Å². The van der Waals surface area contributed by atoms with Crippen LogP contribution in [0.2, 0.25) is 0 Å². The fourth-order valence-electron chi connectivity index (χ4n) is 1.28. The maximum absolute atomic E-state index is 10.8. The minimum atomic E-state index is -2.02. The molecule has 0 amide bonds. The molecule has 0 saturated carbocycles. The van der Waals surface area contributed by atoms with Crippen LogP contribution in [-0.2, 0) is 11.2 Å². The van der Waals surface area contributed by atoms with Crippen molar-refractivity contribution in [3.63, 3.8) is 0 Å². The highest BCUT2D eigenvalue weighted by Gasteiger charge is 2.40. The molecule has 1 heterocycles. The molecule has 0 bridgehead atoms. The number of carboxylic acids is 1. The number of carboxylic acid groups (broad SMARTS) is 1. The van der Waals surface area contributed by atoms with Crippen molar-refractivity contribution >= 4 is 5.97 Å². The Morgan fingerprint density at radius 1 is 1.69 bits per heavy atom. The van der Waals surface area contributed by atoms with Gasteiger partial charge in [0.15, 0.2) is 5.54 Å². The topological polar surface area (TPSA) is 132 Å². The lowest BCUT2D eigenvalue weighted by atomic mass is 9.91. The Kier molecular flexibility index (Phi) is 3.99. The predicted octanol–water partition coefficient (Wildman–Crippen LogP) is -1.52. The van der Waals surface area contributed by atoms with E-state index in [9.17, 15) is 9.90 Å². The van der Waals surface area contributed by atoms with Crippen molar-refractivity contribution in [1.29, 1.82) is 0 Å². The molecule has 0 aliphatic carbocycles. The minimum absolute atomic E-state index is 0.108. The van der Waals surface area contributed by atoms with Crippen molar-refractivity contribution in [3.05, 3.63) is 18.2 Å². The van der Waals surface area contributed by atoms with E-state index < -0.39 is 24.2 Å². The van der Waals surface area contributed by atoms with E-state index >= 15 is 0 Å². The number of nitrogens with one attached hydrogen (secondary N) is 1. The van der Waals surface area contributed by atoms with E-state index in [0.717, 1.165) is 0 Å². The summed E-state index contributed by atoms with van der Waals surface area (Å²) in [5.41, 5.74) is 3.37. The van der Waals surface area contributed by atoms with Gasteiger partial charge in [-0.25, -0.2) is 4.98 Å². The number of imidazole rings is 1. The Morgan fingerprint density at radius 2 is 2.38 bits per heavy atom. The third-order valence-electron chi connectivity index (χ3n) is 2.46. The van der Waals surface area contributed by atoms with Crippen LogP contribution in [0.25, 0.3) is 0 Å². The number of aliphatic hydroxyl groups is 2. The second-order valence-corrected chi connectivity index (χ2v) is 3.59. The maximum Gasteiger partial charge on any atom is 0.328 e. The standard InChI is InChI=1S/C9H15N3O4/c10-9(5-13,8(15)16)6(14)1-2-7-11-3-4-12-7/h3-4,6,13-14H,1-2,5,10H2,(H,11,12)(H,15,16). The summed E-state index contributed by atoms with van der Waals surface area (Å²) in [6.07, 6.45) is 2.32. The zero-order valence-corrected chi connectivity index (χ0v) is 8.63. The summed E-state index contributed by atoms with van der Waals surface area (Å²) < 4.78 is 0. The molecule has 0 aliphatic heterocycles. The third-order valence-corrected chi connectivity index (χ3v) is 2.46. The fraction of sp³-hybridized carbons (Fsp3) is 0.556. The molecule has 16 heavy (non-hydrogen) atoms. The molecule has 0 aliphatic rings. The summed E-state index contributed by atoms with van der Waals surface area (Å²) in [7, 11) is 0. The number of H-pyrrole nitrogens is 1. The van der Waals surface area contributed by atoms with Crippen molar-refractivity contribution in [2.45, 2.75) is 24.5 Å². The monoisotopic (exact) mass is 229 g/mol. The minimum Gasteiger partial charge on any atom is -0.480 e. The van der Waals surface area contributed by atoms with Crippen LogP contribution in [0, 0.1) is 0 Å². The summed E-state index contributed by atoms with van der Waals surface area (Å²) in [5, 5.41) is 27.3. The van der Waals surface area contributed by atoms with Gasteiger partial charge < -0.3 is 26.0 Å². The van der Waals surface area contributed by atoms with Gasteiger partial charge in [-0.05, 0) is 6.42 Å². The largest absolute Gasteiger partial charge is 0.480 e. The van der Waals surface area contributed by atoms with Crippen LogP contribution in [0.3, 0.4) is 0 Å². The first-order valence-electron chi connectivity index (χ1n) is 4.80. The Morgan fingerprint density at radius 3 is 2.81 bits per heavy atom. The van der Waals surface area contributed by atoms with Gasteiger partial charge in [0.05, 0.1) is 12.7 Å². The highest BCUT2D eigenvalue weighted by atomic mass is 16.4. The SMILES string of the molecule is NC(CO)(C(=O)O)C(O)CCc1ncc[nH]1. The molecular weight excluding hydrogens is 214 g/mol. The summed E-state index contributed by atoms with van der Waals surface area (Å²) >= 11 is 0. The average Bonchev–Trinajstić information content (AvgIpc) is 2.77. The fourth-order valence-corrected chi connectivity index (χ4v) is 1.28. The van der Waals surface area contributed by atoms with Gasteiger partial charge in [-0.2, -0.15) is 0 Å². The summed E-state index contributed by atoms with van der Waals surface area (Å²) in [6, 6.07) is 0. The van der Waals surface area contributed by atoms with Crippen LogP contribution in [0.5, 0.6) is 0 Å². The quantitative estimate of drug-likeness (QED) is 0.402. The van der Waals surface area contributed by atoms with E-state index in [1.54, 1.807) is 12.4 Å². The number of nitrogens with zero attached hydrogens (tertiary/aromatic N) is 1. The first-order chi connectivity index (χ1) is 7.50. The second-order valence-electron chi connectivity index (χ2n) is 3.59. The summed E-state index contributed by atoms with van der Waals surface area (Å²) in [6.45, 7) is -0.818. The lowest BCUT2D eigenvalue weighted by Crippen LogP contribution is -2.60. The van der Waals surface area contributed by atoms with Crippen LogP contribution >= 0.6 is 0 Å². The molecular formula is C9H15N3O4. The number of aromatic amines is 1. The van der Waals surface area contributed by atoms with Crippen LogP contribution in [0.15, 0.2) is 12.4 Å². The van der Waals surface area contributed by atoms with E-state index in [1.807, 2.05) is 0 Å². The number of hydrogen-bond donors (Lipinski definition) is 5.